The normalized spacial score (nSPS) is 13.9. The monoisotopic (exact) mass is 469 g/mol. The summed E-state index contributed by atoms with van der Waals surface area (Å²) in [6.45, 7) is 6.44. The topological polar surface area (TPSA) is 110 Å². The molecule has 3 heterocycles. The van der Waals surface area contributed by atoms with Crippen molar-refractivity contribution in [1.82, 2.24) is 24.6 Å². The quantitative estimate of drug-likeness (QED) is 0.481. The van der Waals surface area contributed by atoms with Gasteiger partial charge in [-0.05, 0) is 43.2 Å². The van der Waals surface area contributed by atoms with E-state index in [9.17, 15) is 9.59 Å². The van der Waals surface area contributed by atoms with Crippen molar-refractivity contribution in [1.29, 1.82) is 0 Å². The van der Waals surface area contributed by atoms with Crippen molar-refractivity contribution >= 4 is 28.7 Å². The number of imidazole rings is 1. The van der Waals surface area contributed by atoms with Crippen LogP contribution in [0.25, 0.3) is 11.0 Å². The largest absolute Gasteiger partial charge is 0.365 e. The molecular formula is C26H27N7O2. The van der Waals surface area contributed by atoms with E-state index in [0.717, 1.165) is 23.1 Å². The molecule has 2 amide bonds. The number of hydrogen-bond acceptors (Lipinski definition) is 6. The third-order valence-electron chi connectivity index (χ3n) is 6.61. The van der Waals surface area contributed by atoms with Crippen LogP contribution >= 0.6 is 0 Å². The summed E-state index contributed by atoms with van der Waals surface area (Å²) < 4.78 is 2.08. The van der Waals surface area contributed by atoms with E-state index in [2.05, 4.69) is 31.9 Å². The van der Waals surface area contributed by atoms with Crippen molar-refractivity contribution in [2.75, 3.05) is 31.1 Å². The summed E-state index contributed by atoms with van der Waals surface area (Å²) in [5.41, 5.74) is 11.0. The molecule has 5 rings (SSSR count). The van der Waals surface area contributed by atoms with E-state index in [4.69, 9.17) is 5.73 Å². The molecule has 0 radical (unpaired) electrons. The standard InChI is InChI=1S/C26H27N7O2/c1-17-18(2)29-30-25(23(17)24(27)34)31-10-12-32(13-11-31)26(35)20-8-9-22-21(14-20)28-16-33(22)15-19-6-4-3-5-7-19/h3-9,14,16H,10-13,15H2,1-2H3,(H2,27,34). The van der Waals surface area contributed by atoms with Crippen LogP contribution in [0.15, 0.2) is 54.9 Å². The molecule has 1 fully saturated rings. The fraction of sp³-hybridized carbons (Fsp3) is 0.269. The summed E-state index contributed by atoms with van der Waals surface area (Å²) in [5, 5.41) is 8.41. The van der Waals surface area contributed by atoms with Crippen LogP contribution < -0.4 is 10.6 Å². The van der Waals surface area contributed by atoms with E-state index < -0.39 is 5.91 Å². The molecule has 0 saturated carbocycles. The summed E-state index contributed by atoms with van der Waals surface area (Å²) in [4.78, 5) is 33.6. The second-order valence-corrected chi connectivity index (χ2v) is 8.81. The zero-order valence-corrected chi connectivity index (χ0v) is 19.8. The minimum atomic E-state index is -0.519. The van der Waals surface area contributed by atoms with Crippen molar-refractivity contribution in [2.24, 2.45) is 5.73 Å². The molecule has 4 aromatic rings. The van der Waals surface area contributed by atoms with E-state index in [1.54, 1.807) is 6.92 Å². The van der Waals surface area contributed by atoms with E-state index in [1.807, 2.05) is 59.4 Å². The SMILES string of the molecule is Cc1nnc(N2CCN(C(=O)c3ccc4c(c3)ncn4Cc3ccccc3)CC2)c(C(N)=O)c1C. The Labute approximate surface area is 203 Å². The Morgan fingerprint density at radius 2 is 1.71 bits per heavy atom. The lowest BCUT2D eigenvalue weighted by Gasteiger charge is -2.36. The Balaban J connectivity index is 1.30. The Bertz CT molecular complexity index is 1410. The average Bonchev–Trinajstić information content (AvgIpc) is 3.27. The van der Waals surface area contributed by atoms with Gasteiger partial charge in [-0.25, -0.2) is 4.98 Å². The fourth-order valence-electron chi connectivity index (χ4n) is 4.52. The van der Waals surface area contributed by atoms with Gasteiger partial charge < -0.3 is 20.1 Å². The van der Waals surface area contributed by atoms with Crippen molar-refractivity contribution in [3.05, 3.63) is 82.8 Å². The number of fused-ring (bicyclic) bond motifs is 1. The molecule has 178 valence electrons. The third kappa shape index (κ3) is 4.32. The number of primary amides is 1. The lowest BCUT2D eigenvalue weighted by atomic mass is 10.1. The number of amides is 2. The number of piperazine rings is 1. The van der Waals surface area contributed by atoms with Gasteiger partial charge in [-0.1, -0.05) is 30.3 Å². The van der Waals surface area contributed by atoms with E-state index in [0.29, 0.717) is 48.8 Å². The number of carbonyl (C=O) groups is 2. The summed E-state index contributed by atoms with van der Waals surface area (Å²) in [6.07, 6.45) is 1.81. The molecule has 1 aliphatic heterocycles. The van der Waals surface area contributed by atoms with Gasteiger partial charge in [-0.3, -0.25) is 9.59 Å². The number of nitrogens with zero attached hydrogens (tertiary/aromatic N) is 6. The van der Waals surface area contributed by atoms with Crippen LogP contribution in [-0.2, 0) is 6.54 Å². The number of aromatic nitrogens is 4. The second kappa shape index (κ2) is 9.17. The molecule has 9 heteroatoms. The maximum absolute atomic E-state index is 13.2. The van der Waals surface area contributed by atoms with Gasteiger partial charge in [-0.15, -0.1) is 5.10 Å². The summed E-state index contributed by atoms with van der Waals surface area (Å²) in [6, 6.07) is 15.9. The maximum Gasteiger partial charge on any atom is 0.254 e. The van der Waals surface area contributed by atoms with Gasteiger partial charge in [0.2, 0.25) is 0 Å². The summed E-state index contributed by atoms with van der Waals surface area (Å²) in [7, 11) is 0. The van der Waals surface area contributed by atoms with Crippen molar-refractivity contribution in [3.63, 3.8) is 0 Å². The van der Waals surface area contributed by atoms with Crippen molar-refractivity contribution in [2.45, 2.75) is 20.4 Å². The van der Waals surface area contributed by atoms with Gasteiger partial charge in [-0.2, -0.15) is 5.10 Å². The van der Waals surface area contributed by atoms with Gasteiger partial charge in [0.25, 0.3) is 11.8 Å². The van der Waals surface area contributed by atoms with E-state index >= 15 is 0 Å². The van der Waals surface area contributed by atoms with Crippen LogP contribution in [0, 0.1) is 13.8 Å². The average molecular weight is 470 g/mol. The molecule has 2 N–H and O–H groups in total. The highest BCUT2D eigenvalue weighted by Gasteiger charge is 2.27. The number of anilines is 1. The Kier molecular flexibility index (Phi) is 5.90. The highest BCUT2D eigenvalue weighted by atomic mass is 16.2. The molecule has 0 aliphatic carbocycles. The lowest BCUT2D eigenvalue weighted by molar-refractivity contribution is 0.0746. The van der Waals surface area contributed by atoms with Crippen LogP contribution in [0.3, 0.4) is 0 Å². The predicted molar refractivity (Wildman–Crippen MR) is 133 cm³/mol. The van der Waals surface area contributed by atoms with E-state index in [1.165, 1.54) is 5.56 Å². The molecule has 35 heavy (non-hydrogen) atoms. The van der Waals surface area contributed by atoms with Crippen LogP contribution in [0.1, 0.15) is 37.5 Å². The zero-order chi connectivity index (χ0) is 24.5. The molecule has 1 saturated heterocycles. The Hall–Kier alpha value is -4.27. The fourth-order valence-corrected chi connectivity index (χ4v) is 4.52. The lowest BCUT2D eigenvalue weighted by Crippen LogP contribution is -2.49. The van der Waals surface area contributed by atoms with Crippen molar-refractivity contribution < 1.29 is 9.59 Å². The molecular weight excluding hydrogens is 442 g/mol. The number of hydrogen-bond donors (Lipinski definition) is 1. The van der Waals surface area contributed by atoms with Crippen molar-refractivity contribution in [3.8, 4) is 0 Å². The van der Waals surface area contributed by atoms with Crippen LogP contribution in [0.4, 0.5) is 5.82 Å². The third-order valence-corrected chi connectivity index (χ3v) is 6.61. The first-order chi connectivity index (χ1) is 16.9. The molecule has 9 nitrogen and oxygen atoms in total. The minimum absolute atomic E-state index is 0.0366. The Morgan fingerprint density at radius 3 is 2.43 bits per heavy atom. The number of nitrogens with two attached hydrogens (primary N) is 1. The molecule has 2 aromatic heterocycles. The van der Waals surface area contributed by atoms with Gasteiger partial charge in [0.15, 0.2) is 5.82 Å². The maximum atomic E-state index is 13.2. The highest BCUT2D eigenvalue weighted by Crippen LogP contribution is 2.24. The van der Waals surface area contributed by atoms with Gasteiger partial charge >= 0.3 is 0 Å². The van der Waals surface area contributed by atoms with Crippen LogP contribution in [0.5, 0.6) is 0 Å². The van der Waals surface area contributed by atoms with Crippen LogP contribution in [-0.4, -0.2) is 62.6 Å². The predicted octanol–water partition coefficient (Wildman–Crippen LogP) is 2.55. The Morgan fingerprint density at radius 1 is 0.971 bits per heavy atom. The first-order valence-corrected chi connectivity index (χ1v) is 11.6. The molecule has 0 bridgehead atoms. The molecule has 0 unspecified atom stereocenters. The zero-order valence-electron chi connectivity index (χ0n) is 19.8. The molecule has 1 aliphatic rings. The number of rotatable bonds is 5. The van der Waals surface area contributed by atoms with Gasteiger partial charge in [0, 0.05) is 38.3 Å². The summed E-state index contributed by atoms with van der Waals surface area (Å²) in [5.74, 6) is -0.0717. The molecule has 0 atom stereocenters. The first kappa shape index (κ1) is 22.5. The highest BCUT2D eigenvalue weighted by molar-refractivity contribution is 6.00. The molecule has 2 aromatic carbocycles. The number of aryl methyl sites for hydroxylation is 1. The number of carbonyl (C=O) groups excluding carboxylic acids is 2. The smallest absolute Gasteiger partial charge is 0.254 e. The van der Waals surface area contributed by atoms with Crippen LogP contribution in [0.2, 0.25) is 0 Å². The first-order valence-electron chi connectivity index (χ1n) is 11.6. The van der Waals surface area contributed by atoms with Gasteiger partial charge in [0.1, 0.15) is 0 Å². The summed E-state index contributed by atoms with van der Waals surface area (Å²) >= 11 is 0. The number of benzene rings is 2. The molecule has 0 spiro atoms. The minimum Gasteiger partial charge on any atom is -0.365 e. The van der Waals surface area contributed by atoms with E-state index in [-0.39, 0.29) is 5.91 Å². The second-order valence-electron chi connectivity index (χ2n) is 8.81. The van der Waals surface area contributed by atoms with Gasteiger partial charge in [0.05, 0.1) is 28.6 Å².